The van der Waals surface area contributed by atoms with Gasteiger partial charge in [0.15, 0.2) is 5.78 Å². The largest absolute Gasteiger partial charge is 0.329 e. The van der Waals surface area contributed by atoms with E-state index in [9.17, 15) is 4.79 Å². The molecular weight excluding hydrogens is 238 g/mol. The van der Waals surface area contributed by atoms with Crippen LogP contribution in [0.3, 0.4) is 0 Å². The second-order valence-corrected chi connectivity index (χ2v) is 4.12. The van der Waals surface area contributed by atoms with E-state index in [-0.39, 0.29) is 11.6 Å². The van der Waals surface area contributed by atoms with Crippen molar-refractivity contribution < 1.29 is 4.79 Å². The molecule has 0 unspecified atom stereocenters. The molecule has 1 heterocycles. The third kappa shape index (κ3) is 1.98. The van der Waals surface area contributed by atoms with Gasteiger partial charge in [0.1, 0.15) is 6.07 Å². The molecule has 2 aromatic carbocycles. The molecule has 0 saturated carbocycles. The summed E-state index contributed by atoms with van der Waals surface area (Å²) in [5.74, 6) is 0.204. The Morgan fingerprint density at radius 1 is 1.11 bits per heavy atom. The van der Waals surface area contributed by atoms with Crippen molar-refractivity contribution in [1.29, 1.82) is 5.26 Å². The van der Waals surface area contributed by atoms with Gasteiger partial charge in [-0.15, -0.1) is 0 Å². The third-order valence-corrected chi connectivity index (χ3v) is 2.89. The summed E-state index contributed by atoms with van der Waals surface area (Å²) in [7, 11) is 0. The summed E-state index contributed by atoms with van der Waals surface area (Å²) in [5.41, 5.74) is 2.59. The number of rotatable bonds is 2. The fourth-order valence-corrected chi connectivity index (χ4v) is 1.96. The molecule has 3 rings (SSSR count). The van der Waals surface area contributed by atoms with Crippen LogP contribution in [0.4, 0.5) is 0 Å². The summed E-state index contributed by atoms with van der Waals surface area (Å²) in [5, 5.41) is 8.78. The molecule has 90 valence electrons. The zero-order valence-electron chi connectivity index (χ0n) is 9.92. The number of hydrogen-bond acceptors (Lipinski definition) is 3. The van der Waals surface area contributed by atoms with Crippen LogP contribution >= 0.6 is 0 Å². The Morgan fingerprint density at radius 2 is 1.89 bits per heavy atom. The molecule has 0 saturated heterocycles. The highest BCUT2D eigenvalue weighted by molar-refractivity contribution is 6.10. The Balaban J connectivity index is 2.06. The number of H-pyrrole nitrogens is 1. The zero-order chi connectivity index (χ0) is 13.2. The Hall–Kier alpha value is -2.93. The first kappa shape index (κ1) is 11.2. The molecule has 0 aliphatic heterocycles. The molecule has 0 fully saturated rings. The van der Waals surface area contributed by atoms with Crippen molar-refractivity contribution in [3.8, 4) is 6.07 Å². The minimum Gasteiger partial charge on any atom is -0.329 e. The van der Waals surface area contributed by atoms with Crippen molar-refractivity contribution >= 4 is 16.8 Å². The van der Waals surface area contributed by atoms with E-state index in [1.54, 1.807) is 30.3 Å². The second kappa shape index (κ2) is 4.39. The number of hydrogen-bond donors (Lipinski definition) is 1. The van der Waals surface area contributed by atoms with Gasteiger partial charge in [0, 0.05) is 11.1 Å². The van der Waals surface area contributed by atoms with Crippen molar-refractivity contribution in [2.24, 2.45) is 0 Å². The average Bonchev–Trinajstić information content (AvgIpc) is 2.89. The molecule has 0 amide bonds. The minimum absolute atomic E-state index is 0.0457. The number of aromatic amines is 1. The van der Waals surface area contributed by atoms with E-state index in [0.717, 1.165) is 0 Å². The normalized spacial score (nSPS) is 10.3. The molecule has 0 radical (unpaired) electrons. The lowest BCUT2D eigenvalue weighted by Crippen LogP contribution is -2.00. The highest BCUT2D eigenvalue weighted by Crippen LogP contribution is 2.16. The molecular formula is C15H9N3O. The lowest BCUT2D eigenvalue weighted by Gasteiger charge is -2.00. The fourth-order valence-electron chi connectivity index (χ4n) is 1.96. The maximum Gasteiger partial charge on any atom is 0.211 e. The van der Waals surface area contributed by atoms with Crippen molar-refractivity contribution in [1.82, 2.24) is 9.97 Å². The molecule has 0 aliphatic carbocycles. The van der Waals surface area contributed by atoms with Crippen molar-refractivity contribution in [3.63, 3.8) is 0 Å². The van der Waals surface area contributed by atoms with Crippen LogP contribution < -0.4 is 0 Å². The molecule has 0 aliphatic rings. The lowest BCUT2D eigenvalue weighted by atomic mass is 10.0. The van der Waals surface area contributed by atoms with Gasteiger partial charge in [-0.05, 0) is 18.2 Å². The number of carbonyl (C=O) groups is 1. The quantitative estimate of drug-likeness (QED) is 0.708. The zero-order valence-corrected chi connectivity index (χ0v) is 9.92. The van der Waals surface area contributed by atoms with Crippen molar-refractivity contribution in [2.45, 2.75) is 0 Å². The first-order chi connectivity index (χ1) is 9.28. The summed E-state index contributed by atoms with van der Waals surface area (Å²) in [6.07, 6.45) is 0. The first-order valence-electron chi connectivity index (χ1n) is 5.77. The topological polar surface area (TPSA) is 69.5 Å². The van der Waals surface area contributed by atoms with E-state index in [1.807, 2.05) is 24.3 Å². The van der Waals surface area contributed by atoms with Crippen LogP contribution in [0.5, 0.6) is 0 Å². The summed E-state index contributed by atoms with van der Waals surface area (Å²) >= 11 is 0. The Bertz CT molecular complexity index is 797. The van der Waals surface area contributed by atoms with E-state index in [0.29, 0.717) is 22.2 Å². The SMILES string of the molecule is N#Cc1nc2ccc(C(=O)c3ccccc3)cc2[nH]1. The van der Waals surface area contributed by atoms with Crippen LogP contribution in [0.2, 0.25) is 0 Å². The van der Waals surface area contributed by atoms with Crippen LogP contribution in [0.1, 0.15) is 21.7 Å². The molecule has 4 heteroatoms. The molecule has 3 aromatic rings. The Morgan fingerprint density at radius 3 is 2.63 bits per heavy atom. The van der Waals surface area contributed by atoms with Crippen LogP contribution in [0.15, 0.2) is 48.5 Å². The van der Waals surface area contributed by atoms with E-state index in [1.165, 1.54) is 0 Å². The fraction of sp³-hybridized carbons (Fsp3) is 0. The number of benzene rings is 2. The average molecular weight is 247 g/mol. The van der Waals surface area contributed by atoms with E-state index >= 15 is 0 Å². The number of nitrogens with one attached hydrogen (secondary N) is 1. The van der Waals surface area contributed by atoms with E-state index in [4.69, 9.17) is 5.26 Å². The smallest absolute Gasteiger partial charge is 0.211 e. The number of imidazole rings is 1. The summed E-state index contributed by atoms with van der Waals surface area (Å²) < 4.78 is 0. The first-order valence-corrected chi connectivity index (χ1v) is 5.77. The number of carbonyl (C=O) groups excluding carboxylic acids is 1. The number of nitrogens with zero attached hydrogens (tertiary/aromatic N) is 2. The number of aromatic nitrogens is 2. The van der Waals surface area contributed by atoms with Crippen LogP contribution in [-0.4, -0.2) is 15.8 Å². The molecule has 4 nitrogen and oxygen atoms in total. The third-order valence-electron chi connectivity index (χ3n) is 2.89. The van der Waals surface area contributed by atoms with Gasteiger partial charge < -0.3 is 4.98 Å². The van der Waals surface area contributed by atoms with E-state index in [2.05, 4.69) is 9.97 Å². The lowest BCUT2D eigenvalue weighted by molar-refractivity contribution is 0.103. The minimum atomic E-state index is -0.0457. The molecule has 0 atom stereocenters. The predicted molar refractivity (Wildman–Crippen MR) is 70.7 cm³/mol. The van der Waals surface area contributed by atoms with Crippen LogP contribution in [0.25, 0.3) is 11.0 Å². The van der Waals surface area contributed by atoms with Gasteiger partial charge in [0.2, 0.25) is 5.82 Å². The van der Waals surface area contributed by atoms with Crippen molar-refractivity contribution in [2.75, 3.05) is 0 Å². The van der Waals surface area contributed by atoms with Crippen LogP contribution in [0, 0.1) is 11.3 Å². The van der Waals surface area contributed by atoms with Gasteiger partial charge in [0.25, 0.3) is 0 Å². The molecule has 0 bridgehead atoms. The van der Waals surface area contributed by atoms with Gasteiger partial charge in [-0.1, -0.05) is 30.3 Å². The molecule has 0 spiro atoms. The molecule has 1 aromatic heterocycles. The van der Waals surface area contributed by atoms with Gasteiger partial charge in [-0.3, -0.25) is 4.79 Å². The maximum absolute atomic E-state index is 12.3. The van der Waals surface area contributed by atoms with Gasteiger partial charge in [-0.25, -0.2) is 4.98 Å². The predicted octanol–water partition coefficient (Wildman–Crippen LogP) is 2.67. The monoisotopic (exact) mass is 247 g/mol. The van der Waals surface area contributed by atoms with Crippen molar-refractivity contribution in [3.05, 3.63) is 65.5 Å². The standard InChI is InChI=1S/C15H9N3O/c16-9-14-17-12-7-6-11(8-13(12)18-14)15(19)10-4-2-1-3-5-10/h1-8H,(H,17,18). The summed E-state index contributed by atoms with van der Waals surface area (Å²) in [6.45, 7) is 0. The van der Waals surface area contributed by atoms with E-state index < -0.39 is 0 Å². The van der Waals surface area contributed by atoms with Crippen LogP contribution in [-0.2, 0) is 0 Å². The van der Waals surface area contributed by atoms with Gasteiger partial charge in [0.05, 0.1) is 11.0 Å². The number of ketones is 1. The highest BCUT2D eigenvalue weighted by atomic mass is 16.1. The molecule has 19 heavy (non-hydrogen) atoms. The maximum atomic E-state index is 12.3. The van der Waals surface area contributed by atoms with Gasteiger partial charge >= 0.3 is 0 Å². The second-order valence-electron chi connectivity index (χ2n) is 4.12. The van der Waals surface area contributed by atoms with Gasteiger partial charge in [-0.2, -0.15) is 5.26 Å². The Labute approximate surface area is 109 Å². The summed E-state index contributed by atoms with van der Waals surface area (Å²) in [6, 6.07) is 16.2. The summed E-state index contributed by atoms with van der Waals surface area (Å²) in [4.78, 5) is 19.2. The highest BCUT2D eigenvalue weighted by Gasteiger charge is 2.10. The Kier molecular flexibility index (Phi) is 2.58. The number of nitriles is 1. The number of fused-ring (bicyclic) bond motifs is 1. The molecule has 1 N–H and O–H groups in total.